The smallest absolute Gasteiger partial charge is 0.272 e. The second-order valence-corrected chi connectivity index (χ2v) is 12.2. The highest BCUT2D eigenvalue weighted by molar-refractivity contribution is 5.99. The number of ketones is 1. The highest BCUT2D eigenvalue weighted by atomic mass is 16.8. The van der Waals surface area contributed by atoms with E-state index in [0.717, 1.165) is 5.39 Å². The molecule has 2 fully saturated rings. The number of epoxide rings is 1. The number of phenolic OH excluding ortho intramolecular Hbond substituents is 5. The summed E-state index contributed by atoms with van der Waals surface area (Å²) in [5, 5.41) is 53.6. The summed E-state index contributed by atoms with van der Waals surface area (Å²) >= 11 is 0. The van der Waals surface area contributed by atoms with Gasteiger partial charge in [-0.1, -0.05) is 6.07 Å². The highest BCUT2D eigenvalue weighted by Gasteiger charge is 2.88. The number of fused-ring (bicyclic) bond motifs is 7. The molecule has 3 unspecified atom stereocenters. The Balaban J connectivity index is 1.30. The van der Waals surface area contributed by atoms with Crippen LogP contribution in [0.15, 0.2) is 77.2 Å². The molecule has 4 heterocycles. The Morgan fingerprint density at radius 2 is 1.52 bits per heavy atom. The van der Waals surface area contributed by atoms with Gasteiger partial charge in [-0.2, -0.15) is 0 Å². The van der Waals surface area contributed by atoms with Crippen LogP contribution in [-0.2, 0) is 15.3 Å². The van der Waals surface area contributed by atoms with Crippen molar-refractivity contribution in [2.45, 2.75) is 42.2 Å². The minimum Gasteiger partial charge on any atom is -0.508 e. The molecule has 1 spiro atoms. The van der Waals surface area contributed by atoms with Crippen molar-refractivity contribution in [1.29, 1.82) is 0 Å². The van der Waals surface area contributed by atoms with Gasteiger partial charge in [-0.3, -0.25) is 4.79 Å². The lowest BCUT2D eigenvalue weighted by atomic mass is 9.56. The summed E-state index contributed by atoms with van der Waals surface area (Å²) in [6.07, 6.45) is 0.226. The Hall–Kier alpha value is -5.35. The van der Waals surface area contributed by atoms with Gasteiger partial charge in [0.15, 0.2) is 17.0 Å². The molecule has 2 bridgehead atoms. The number of furan rings is 1. The molecule has 10 nitrogen and oxygen atoms in total. The second-order valence-electron chi connectivity index (χ2n) is 12.2. The van der Waals surface area contributed by atoms with Crippen molar-refractivity contribution in [2.75, 3.05) is 0 Å². The van der Waals surface area contributed by atoms with Crippen LogP contribution in [-0.4, -0.2) is 42.5 Å². The van der Waals surface area contributed by atoms with Crippen molar-refractivity contribution in [3.8, 4) is 51.6 Å². The molecule has 4 aliphatic rings. The molecule has 3 aliphatic heterocycles. The number of rotatable bonds is 2. The van der Waals surface area contributed by atoms with Crippen LogP contribution in [0.1, 0.15) is 41.9 Å². The third-order valence-electron chi connectivity index (χ3n) is 9.60. The minimum atomic E-state index is -1.68. The fraction of sp³-hybridized carbons (Fsp3) is 0.206. The first-order valence-corrected chi connectivity index (χ1v) is 14.1. The quantitative estimate of drug-likeness (QED) is 0.162. The monoisotopic (exact) mass is 592 g/mol. The van der Waals surface area contributed by atoms with Gasteiger partial charge in [0.1, 0.15) is 51.6 Å². The lowest BCUT2D eigenvalue weighted by Gasteiger charge is -2.51. The second kappa shape index (κ2) is 7.78. The predicted octanol–water partition coefficient (Wildman–Crippen LogP) is 5.63. The van der Waals surface area contributed by atoms with E-state index in [2.05, 4.69) is 0 Å². The zero-order valence-corrected chi connectivity index (χ0v) is 23.1. The number of aromatic hydroxyl groups is 5. The Kier molecular flexibility index (Phi) is 4.45. The first-order valence-electron chi connectivity index (χ1n) is 14.1. The normalized spacial score (nSPS) is 29.1. The van der Waals surface area contributed by atoms with Crippen molar-refractivity contribution in [3.63, 3.8) is 0 Å². The van der Waals surface area contributed by atoms with E-state index >= 15 is 0 Å². The molecule has 1 aliphatic carbocycles. The van der Waals surface area contributed by atoms with Gasteiger partial charge >= 0.3 is 0 Å². The largest absolute Gasteiger partial charge is 0.508 e. The topological polar surface area (TPSA) is 162 Å². The van der Waals surface area contributed by atoms with E-state index in [0.29, 0.717) is 28.2 Å². The van der Waals surface area contributed by atoms with Crippen molar-refractivity contribution >= 4 is 16.8 Å². The van der Waals surface area contributed by atoms with Gasteiger partial charge in [0, 0.05) is 52.6 Å². The van der Waals surface area contributed by atoms with E-state index in [1.807, 2.05) is 0 Å². The van der Waals surface area contributed by atoms with Crippen LogP contribution in [0.4, 0.5) is 0 Å². The standard InChI is InChI=1S/C34H24O10/c1-32-14-22(20-6-4-19(37)13-27(20)42-32)33-30(31(32)40)29-24(39)8-16(25-9-15-2-3-18(36)12-26(15)41-25)10-28(29)43-34(33,44-33)21-7-5-17(35)11-23(21)38/h2-13,22,30,35-39H,14H2,1H3/t22?,30-,32?,33?,34+/m1/s1. The summed E-state index contributed by atoms with van der Waals surface area (Å²) < 4.78 is 25.5. The molecule has 1 saturated heterocycles. The van der Waals surface area contributed by atoms with Gasteiger partial charge in [0.25, 0.3) is 5.79 Å². The van der Waals surface area contributed by atoms with Gasteiger partial charge in [-0.15, -0.1) is 0 Å². The van der Waals surface area contributed by atoms with Crippen LogP contribution in [0, 0.1) is 0 Å². The predicted molar refractivity (Wildman–Crippen MR) is 153 cm³/mol. The molecular weight excluding hydrogens is 568 g/mol. The number of carbonyl (C=O) groups excluding carboxylic acids is 1. The third-order valence-corrected chi connectivity index (χ3v) is 9.60. The summed E-state index contributed by atoms with van der Waals surface area (Å²) in [5.74, 6) is -3.40. The summed E-state index contributed by atoms with van der Waals surface area (Å²) in [7, 11) is 0. The number of Topliss-reactive ketones (excluding diaryl/α,β-unsaturated/α-hetero) is 1. The molecule has 5 atom stereocenters. The van der Waals surface area contributed by atoms with E-state index in [1.54, 1.807) is 37.3 Å². The number of hydrogen-bond acceptors (Lipinski definition) is 10. The maximum atomic E-state index is 14.6. The fourth-order valence-electron chi connectivity index (χ4n) is 7.69. The summed E-state index contributed by atoms with van der Waals surface area (Å²) in [6.45, 7) is 1.69. The summed E-state index contributed by atoms with van der Waals surface area (Å²) in [6, 6.07) is 18.4. The molecule has 0 radical (unpaired) electrons. The Morgan fingerprint density at radius 3 is 2.34 bits per heavy atom. The highest BCUT2D eigenvalue weighted by Crippen LogP contribution is 2.78. The van der Waals surface area contributed by atoms with Gasteiger partial charge in [-0.25, -0.2) is 0 Å². The van der Waals surface area contributed by atoms with E-state index < -0.39 is 28.8 Å². The van der Waals surface area contributed by atoms with E-state index in [4.69, 9.17) is 18.6 Å². The number of hydrogen-bond donors (Lipinski definition) is 5. The van der Waals surface area contributed by atoms with E-state index in [-0.39, 0.29) is 57.8 Å². The lowest BCUT2D eigenvalue weighted by Crippen LogP contribution is -2.61. The van der Waals surface area contributed by atoms with Gasteiger partial charge in [-0.05, 0) is 55.5 Å². The van der Waals surface area contributed by atoms with Crippen LogP contribution in [0.3, 0.4) is 0 Å². The number of carbonyl (C=O) groups is 1. The van der Waals surface area contributed by atoms with E-state index in [9.17, 15) is 30.3 Å². The van der Waals surface area contributed by atoms with Crippen LogP contribution < -0.4 is 9.47 Å². The Bertz CT molecular complexity index is 2120. The zero-order valence-electron chi connectivity index (χ0n) is 23.1. The number of phenols is 5. The molecule has 10 heteroatoms. The molecule has 5 aromatic rings. The van der Waals surface area contributed by atoms with Gasteiger partial charge in [0.05, 0.1) is 11.5 Å². The first kappa shape index (κ1) is 25.2. The average Bonchev–Trinajstić information content (AvgIpc) is 3.46. The SMILES string of the molecule is CC12CC(c3ccc(O)cc3O1)C13O[C@]1(c1ccc(O)cc1O)Oc1cc(-c4cc5ccc(O)cc5o4)cc(O)c1[C@@H]3C2=O. The summed E-state index contributed by atoms with van der Waals surface area (Å²) in [5.41, 5.74) is -0.724. The van der Waals surface area contributed by atoms with Crippen LogP contribution >= 0.6 is 0 Å². The maximum absolute atomic E-state index is 14.6. The molecular formula is C34H24O10. The molecule has 44 heavy (non-hydrogen) atoms. The molecule has 220 valence electrons. The van der Waals surface area contributed by atoms with E-state index in [1.165, 1.54) is 42.5 Å². The molecule has 4 aromatic carbocycles. The molecule has 9 rings (SSSR count). The molecule has 1 aromatic heterocycles. The zero-order chi connectivity index (χ0) is 30.3. The third kappa shape index (κ3) is 2.95. The summed E-state index contributed by atoms with van der Waals surface area (Å²) in [4.78, 5) is 14.6. The molecule has 1 saturated carbocycles. The minimum absolute atomic E-state index is 0.0239. The number of benzene rings is 4. The van der Waals surface area contributed by atoms with Gasteiger partial charge < -0.3 is 44.2 Å². The van der Waals surface area contributed by atoms with Crippen LogP contribution in [0.5, 0.6) is 40.2 Å². The van der Waals surface area contributed by atoms with Crippen molar-refractivity contribution < 1.29 is 49.0 Å². The fourth-order valence-corrected chi connectivity index (χ4v) is 7.69. The van der Waals surface area contributed by atoms with Crippen molar-refractivity contribution in [1.82, 2.24) is 0 Å². The van der Waals surface area contributed by atoms with Crippen LogP contribution in [0.25, 0.3) is 22.3 Å². The van der Waals surface area contributed by atoms with Gasteiger partial charge in [0.2, 0.25) is 0 Å². The van der Waals surface area contributed by atoms with Crippen molar-refractivity contribution in [3.05, 3.63) is 89.5 Å². The molecule has 5 N–H and O–H groups in total. The first-order chi connectivity index (χ1) is 21.0. The Morgan fingerprint density at radius 1 is 0.773 bits per heavy atom. The maximum Gasteiger partial charge on any atom is 0.272 e. The molecule has 0 amide bonds. The Labute approximate surface area is 248 Å². The average molecular weight is 593 g/mol. The number of ether oxygens (including phenoxy) is 3. The lowest BCUT2D eigenvalue weighted by molar-refractivity contribution is -0.145. The van der Waals surface area contributed by atoms with Crippen LogP contribution in [0.2, 0.25) is 0 Å². The van der Waals surface area contributed by atoms with Crippen molar-refractivity contribution in [2.24, 2.45) is 0 Å².